The summed E-state index contributed by atoms with van der Waals surface area (Å²) >= 11 is 0. The zero-order chi connectivity index (χ0) is 11.3. The molecule has 0 N–H and O–H groups in total. The van der Waals surface area contributed by atoms with Gasteiger partial charge >= 0.3 is 5.97 Å². The molecule has 0 unspecified atom stereocenters. The minimum atomic E-state index is -0.545. The molecule has 0 aliphatic heterocycles. The van der Waals surface area contributed by atoms with Gasteiger partial charge in [0.15, 0.2) is 0 Å². The van der Waals surface area contributed by atoms with Crippen LogP contribution < -0.4 is 0 Å². The molecule has 15 heavy (non-hydrogen) atoms. The number of hydrogen-bond donors (Lipinski definition) is 0. The first-order valence-electron chi connectivity index (χ1n) is 4.05. The number of nitro benzene ring substituents is 1. The number of nitro groups is 1. The molecule has 1 aromatic carbocycles. The first-order valence-corrected chi connectivity index (χ1v) is 4.05. The number of hydrogen-bond acceptors (Lipinski definition) is 5. The van der Waals surface area contributed by atoms with Gasteiger partial charge in [0.2, 0.25) is 0 Å². The van der Waals surface area contributed by atoms with Crippen LogP contribution in [0.1, 0.15) is 12.5 Å². The molecular weight excluding hydrogens is 200 g/mol. The van der Waals surface area contributed by atoms with Gasteiger partial charge in [0.1, 0.15) is 0 Å². The third-order valence-electron chi connectivity index (χ3n) is 1.46. The molecule has 0 aliphatic rings. The minimum absolute atomic E-state index is 0.0400. The minimum Gasteiger partial charge on any atom is -0.319 e. The summed E-state index contributed by atoms with van der Waals surface area (Å²) in [7, 11) is 0. The van der Waals surface area contributed by atoms with Crippen LogP contribution in [0.25, 0.3) is 0 Å². The molecule has 0 spiro atoms. The Labute approximate surface area is 85.3 Å². The van der Waals surface area contributed by atoms with Crippen molar-refractivity contribution in [3.05, 3.63) is 39.9 Å². The maximum absolute atomic E-state index is 10.4. The molecule has 0 saturated heterocycles. The zero-order valence-electron chi connectivity index (χ0n) is 7.91. The van der Waals surface area contributed by atoms with Crippen molar-refractivity contribution in [2.24, 2.45) is 5.16 Å². The normalized spacial score (nSPS) is 10.2. The van der Waals surface area contributed by atoms with Crippen LogP contribution in [0.4, 0.5) is 5.69 Å². The van der Waals surface area contributed by atoms with Crippen LogP contribution >= 0.6 is 0 Å². The Morgan fingerprint density at radius 1 is 1.60 bits per heavy atom. The van der Waals surface area contributed by atoms with Crippen molar-refractivity contribution in [2.45, 2.75) is 6.92 Å². The fourth-order valence-corrected chi connectivity index (χ4v) is 0.880. The van der Waals surface area contributed by atoms with Gasteiger partial charge in [-0.15, -0.1) is 0 Å². The Bertz CT molecular complexity index is 414. The van der Waals surface area contributed by atoms with Crippen molar-refractivity contribution in [3.8, 4) is 0 Å². The highest BCUT2D eigenvalue weighted by molar-refractivity contribution is 5.80. The van der Waals surface area contributed by atoms with E-state index < -0.39 is 10.9 Å². The predicted octanol–water partition coefficient (Wildman–Crippen LogP) is 1.49. The monoisotopic (exact) mass is 208 g/mol. The Morgan fingerprint density at radius 2 is 2.33 bits per heavy atom. The van der Waals surface area contributed by atoms with E-state index in [0.29, 0.717) is 5.56 Å². The van der Waals surface area contributed by atoms with Gasteiger partial charge < -0.3 is 4.84 Å². The van der Waals surface area contributed by atoms with E-state index in [4.69, 9.17) is 0 Å². The standard InChI is InChI=1S/C9H8N2O4/c1-7(12)15-10-6-8-3-2-4-9(5-8)11(13)14/h2-6H,1H3/b10-6-. The molecule has 0 atom stereocenters. The van der Waals surface area contributed by atoms with Gasteiger partial charge in [0.25, 0.3) is 5.69 Å². The van der Waals surface area contributed by atoms with E-state index in [0.717, 1.165) is 0 Å². The lowest BCUT2D eigenvalue weighted by Gasteiger charge is -1.93. The molecule has 0 aliphatic carbocycles. The molecule has 0 saturated carbocycles. The second kappa shape index (κ2) is 4.85. The Morgan fingerprint density at radius 3 is 2.93 bits per heavy atom. The first kappa shape index (κ1) is 10.8. The summed E-state index contributed by atoms with van der Waals surface area (Å²) in [5.74, 6) is -0.545. The van der Waals surface area contributed by atoms with Crippen LogP contribution in [0.15, 0.2) is 29.4 Å². The second-order valence-corrected chi connectivity index (χ2v) is 2.67. The van der Waals surface area contributed by atoms with Crippen molar-refractivity contribution in [1.29, 1.82) is 0 Å². The number of benzene rings is 1. The summed E-state index contributed by atoms with van der Waals surface area (Å²) < 4.78 is 0. The number of non-ortho nitro benzene ring substituents is 1. The third-order valence-corrected chi connectivity index (χ3v) is 1.46. The van der Waals surface area contributed by atoms with Crippen molar-refractivity contribution in [3.63, 3.8) is 0 Å². The van der Waals surface area contributed by atoms with Gasteiger partial charge in [0, 0.05) is 24.6 Å². The smallest absolute Gasteiger partial charge is 0.319 e. The third kappa shape index (κ3) is 3.55. The number of oxime groups is 1. The molecule has 0 bridgehead atoms. The fourth-order valence-electron chi connectivity index (χ4n) is 0.880. The summed E-state index contributed by atoms with van der Waals surface area (Å²) in [6.45, 7) is 1.21. The van der Waals surface area contributed by atoms with Gasteiger partial charge in [-0.25, -0.2) is 4.79 Å². The molecule has 0 amide bonds. The molecule has 0 heterocycles. The largest absolute Gasteiger partial charge is 0.331 e. The van der Waals surface area contributed by atoms with E-state index in [1.807, 2.05) is 0 Å². The molecule has 6 nitrogen and oxygen atoms in total. The topological polar surface area (TPSA) is 81.8 Å². The SMILES string of the molecule is CC(=O)O/N=C\c1cccc([N+](=O)[O-])c1. The maximum Gasteiger partial charge on any atom is 0.331 e. The van der Waals surface area contributed by atoms with Crippen molar-refractivity contribution < 1.29 is 14.6 Å². The van der Waals surface area contributed by atoms with Gasteiger partial charge in [-0.1, -0.05) is 17.3 Å². The highest BCUT2D eigenvalue weighted by atomic mass is 16.7. The second-order valence-electron chi connectivity index (χ2n) is 2.67. The van der Waals surface area contributed by atoms with E-state index >= 15 is 0 Å². The highest BCUT2D eigenvalue weighted by Crippen LogP contribution is 2.11. The number of carbonyl (C=O) groups excluding carboxylic acids is 1. The van der Waals surface area contributed by atoms with Crippen LogP contribution in [-0.2, 0) is 9.63 Å². The maximum atomic E-state index is 10.4. The zero-order valence-corrected chi connectivity index (χ0v) is 7.91. The lowest BCUT2D eigenvalue weighted by atomic mass is 10.2. The van der Waals surface area contributed by atoms with Gasteiger partial charge in [-0.2, -0.15) is 0 Å². The lowest BCUT2D eigenvalue weighted by molar-refractivity contribution is -0.384. The molecular formula is C9H8N2O4. The molecule has 0 aromatic heterocycles. The summed E-state index contributed by atoms with van der Waals surface area (Å²) in [6.07, 6.45) is 1.23. The first-order chi connectivity index (χ1) is 7.09. The van der Waals surface area contributed by atoms with Gasteiger partial charge in [-0.05, 0) is 0 Å². The van der Waals surface area contributed by atoms with Crippen LogP contribution in [0, 0.1) is 10.1 Å². The summed E-state index contributed by atoms with van der Waals surface area (Å²) in [5.41, 5.74) is 0.451. The van der Waals surface area contributed by atoms with E-state index in [1.54, 1.807) is 6.07 Å². The van der Waals surface area contributed by atoms with Gasteiger partial charge in [0.05, 0.1) is 11.1 Å². The summed E-state index contributed by atoms with van der Waals surface area (Å²) in [4.78, 5) is 24.6. The lowest BCUT2D eigenvalue weighted by Crippen LogP contribution is -1.93. The number of carbonyl (C=O) groups is 1. The average molecular weight is 208 g/mol. The van der Waals surface area contributed by atoms with E-state index in [-0.39, 0.29) is 5.69 Å². The molecule has 1 rings (SSSR count). The summed E-state index contributed by atoms with van der Waals surface area (Å²) in [6, 6.07) is 5.82. The van der Waals surface area contributed by atoms with E-state index in [9.17, 15) is 14.9 Å². The van der Waals surface area contributed by atoms with Crippen LogP contribution in [0.5, 0.6) is 0 Å². The summed E-state index contributed by atoms with van der Waals surface area (Å²) in [5, 5.41) is 13.8. The van der Waals surface area contributed by atoms with Crippen molar-refractivity contribution >= 4 is 17.9 Å². The van der Waals surface area contributed by atoms with E-state index in [1.165, 1.54) is 31.3 Å². The highest BCUT2D eigenvalue weighted by Gasteiger charge is 2.03. The Hall–Kier alpha value is -2.24. The Kier molecular flexibility index (Phi) is 3.50. The van der Waals surface area contributed by atoms with Crippen LogP contribution in [0.3, 0.4) is 0 Å². The van der Waals surface area contributed by atoms with E-state index in [2.05, 4.69) is 9.99 Å². The quantitative estimate of drug-likeness (QED) is 0.326. The molecule has 6 heteroatoms. The van der Waals surface area contributed by atoms with Crippen LogP contribution in [-0.4, -0.2) is 17.1 Å². The number of nitrogens with zero attached hydrogens (tertiary/aromatic N) is 2. The molecule has 0 radical (unpaired) electrons. The van der Waals surface area contributed by atoms with Gasteiger partial charge in [-0.3, -0.25) is 10.1 Å². The fraction of sp³-hybridized carbons (Fsp3) is 0.111. The van der Waals surface area contributed by atoms with Crippen LogP contribution in [0.2, 0.25) is 0 Å². The predicted molar refractivity (Wildman–Crippen MR) is 52.5 cm³/mol. The van der Waals surface area contributed by atoms with Crippen molar-refractivity contribution in [1.82, 2.24) is 0 Å². The molecule has 0 fully saturated rings. The molecule has 78 valence electrons. The average Bonchev–Trinajstić information content (AvgIpc) is 2.17. The van der Waals surface area contributed by atoms with Crippen molar-refractivity contribution in [2.75, 3.05) is 0 Å². The molecule has 1 aromatic rings. The number of rotatable bonds is 3. The Balaban J connectivity index is 2.78.